The van der Waals surface area contributed by atoms with Crippen LogP contribution >= 0.6 is 12.4 Å². The van der Waals surface area contributed by atoms with Crippen LogP contribution in [0.5, 0.6) is 0 Å². The molecule has 1 amide bonds. The summed E-state index contributed by atoms with van der Waals surface area (Å²) in [7, 11) is 2.00. The lowest BCUT2D eigenvalue weighted by Gasteiger charge is -2.32. The van der Waals surface area contributed by atoms with Crippen LogP contribution in [0, 0.1) is 5.92 Å². The van der Waals surface area contributed by atoms with E-state index < -0.39 is 0 Å². The van der Waals surface area contributed by atoms with Gasteiger partial charge >= 0.3 is 0 Å². The molecule has 96 valence electrons. The van der Waals surface area contributed by atoms with Crippen LogP contribution in [0.25, 0.3) is 0 Å². The number of carbonyl (C=O) groups is 1. The van der Waals surface area contributed by atoms with Crippen molar-refractivity contribution in [3.8, 4) is 0 Å². The minimum absolute atomic E-state index is 0. The average molecular weight is 249 g/mol. The van der Waals surface area contributed by atoms with E-state index in [0.717, 1.165) is 38.4 Å². The van der Waals surface area contributed by atoms with Gasteiger partial charge in [-0.3, -0.25) is 4.79 Å². The quantitative estimate of drug-likeness (QED) is 0.808. The molecule has 0 aromatic rings. The van der Waals surface area contributed by atoms with E-state index in [2.05, 4.69) is 12.2 Å². The van der Waals surface area contributed by atoms with Crippen molar-refractivity contribution in [2.24, 2.45) is 5.92 Å². The van der Waals surface area contributed by atoms with Crippen molar-refractivity contribution in [3.63, 3.8) is 0 Å². The number of carbonyl (C=O) groups excluding carboxylic acids is 1. The largest absolute Gasteiger partial charge is 0.343 e. The van der Waals surface area contributed by atoms with Gasteiger partial charge in [-0.15, -0.1) is 12.4 Å². The number of hydrogen-bond donors (Lipinski definition) is 1. The van der Waals surface area contributed by atoms with E-state index in [1.165, 1.54) is 19.3 Å². The fourth-order valence-electron chi connectivity index (χ4n) is 2.19. The summed E-state index contributed by atoms with van der Waals surface area (Å²) in [5.74, 6) is 1.17. The molecule has 0 atom stereocenters. The standard InChI is InChI=1S/C12H24N2O.ClH/c1-3-4-12(15)14-9-6-11(7-10-14)5-8-13-2;/h11,13H,3-10H2,1-2H3;1H. The number of hydrogen-bond acceptors (Lipinski definition) is 2. The van der Waals surface area contributed by atoms with Gasteiger partial charge in [0.15, 0.2) is 0 Å². The topological polar surface area (TPSA) is 32.3 Å². The number of piperidine rings is 1. The van der Waals surface area contributed by atoms with Crippen molar-refractivity contribution in [2.75, 3.05) is 26.7 Å². The Balaban J connectivity index is 0.00000225. The first-order valence-corrected chi connectivity index (χ1v) is 6.20. The van der Waals surface area contributed by atoms with Gasteiger partial charge in [-0.2, -0.15) is 0 Å². The highest BCUT2D eigenvalue weighted by Crippen LogP contribution is 2.20. The molecule has 1 heterocycles. The first kappa shape index (κ1) is 15.7. The zero-order valence-corrected chi connectivity index (χ0v) is 11.3. The van der Waals surface area contributed by atoms with Crippen molar-refractivity contribution in [1.29, 1.82) is 0 Å². The van der Waals surface area contributed by atoms with Crippen LogP contribution in [0.1, 0.15) is 39.0 Å². The van der Waals surface area contributed by atoms with Gasteiger partial charge in [-0.1, -0.05) is 6.92 Å². The molecule has 4 heteroatoms. The molecule has 1 fully saturated rings. The molecule has 16 heavy (non-hydrogen) atoms. The van der Waals surface area contributed by atoms with Crippen molar-refractivity contribution in [1.82, 2.24) is 10.2 Å². The number of rotatable bonds is 5. The maximum absolute atomic E-state index is 11.6. The van der Waals surface area contributed by atoms with Crippen molar-refractivity contribution >= 4 is 18.3 Å². The Morgan fingerprint density at radius 1 is 1.38 bits per heavy atom. The molecule has 1 rings (SSSR count). The van der Waals surface area contributed by atoms with Gasteiger partial charge < -0.3 is 10.2 Å². The summed E-state index contributed by atoms with van der Waals surface area (Å²) in [4.78, 5) is 13.7. The zero-order valence-electron chi connectivity index (χ0n) is 10.5. The van der Waals surface area contributed by atoms with E-state index in [9.17, 15) is 4.79 Å². The first-order valence-electron chi connectivity index (χ1n) is 6.20. The van der Waals surface area contributed by atoms with Gasteiger partial charge in [0.05, 0.1) is 0 Å². The molecule has 0 aliphatic carbocycles. The molecule has 0 unspecified atom stereocenters. The van der Waals surface area contributed by atoms with Crippen molar-refractivity contribution in [2.45, 2.75) is 39.0 Å². The van der Waals surface area contributed by atoms with Gasteiger partial charge in [0.1, 0.15) is 0 Å². The molecule has 0 aromatic carbocycles. The van der Waals surface area contributed by atoms with E-state index in [-0.39, 0.29) is 12.4 Å². The van der Waals surface area contributed by atoms with Gasteiger partial charge in [0.2, 0.25) is 5.91 Å². The number of likely N-dealkylation sites (tertiary alicyclic amines) is 1. The molecule has 0 aromatic heterocycles. The monoisotopic (exact) mass is 248 g/mol. The lowest BCUT2D eigenvalue weighted by Crippen LogP contribution is -2.38. The third-order valence-corrected chi connectivity index (χ3v) is 3.23. The van der Waals surface area contributed by atoms with E-state index in [1.54, 1.807) is 0 Å². The predicted octanol–water partition coefficient (Wildman–Crippen LogP) is 2.06. The number of halogens is 1. The Bertz CT molecular complexity index is 191. The number of amides is 1. The Morgan fingerprint density at radius 3 is 2.50 bits per heavy atom. The lowest BCUT2D eigenvalue weighted by atomic mass is 9.93. The highest BCUT2D eigenvalue weighted by atomic mass is 35.5. The molecule has 1 saturated heterocycles. The molecule has 0 spiro atoms. The van der Waals surface area contributed by atoms with E-state index >= 15 is 0 Å². The lowest BCUT2D eigenvalue weighted by molar-refractivity contribution is -0.132. The summed E-state index contributed by atoms with van der Waals surface area (Å²) in [6, 6.07) is 0. The van der Waals surface area contributed by atoms with Gasteiger partial charge in [0, 0.05) is 19.5 Å². The SMILES string of the molecule is CCCC(=O)N1CCC(CCNC)CC1.Cl. The van der Waals surface area contributed by atoms with Crippen LogP contribution in [0.15, 0.2) is 0 Å². The van der Waals surface area contributed by atoms with Crippen LogP contribution in [-0.2, 0) is 4.79 Å². The smallest absolute Gasteiger partial charge is 0.222 e. The Morgan fingerprint density at radius 2 is 2.00 bits per heavy atom. The zero-order chi connectivity index (χ0) is 11.1. The van der Waals surface area contributed by atoms with Gasteiger partial charge in [-0.25, -0.2) is 0 Å². The summed E-state index contributed by atoms with van der Waals surface area (Å²) >= 11 is 0. The maximum Gasteiger partial charge on any atom is 0.222 e. The first-order chi connectivity index (χ1) is 7.27. The molecular formula is C12H25ClN2O. The molecule has 1 aliphatic rings. The highest BCUT2D eigenvalue weighted by Gasteiger charge is 2.21. The Labute approximate surface area is 105 Å². The van der Waals surface area contributed by atoms with Crippen LogP contribution < -0.4 is 5.32 Å². The average Bonchev–Trinajstić information content (AvgIpc) is 2.27. The molecule has 3 nitrogen and oxygen atoms in total. The molecule has 1 aliphatic heterocycles. The summed E-state index contributed by atoms with van der Waals surface area (Å²) < 4.78 is 0. The molecule has 0 saturated carbocycles. The van der Waals surface area contributed by atoms with E-state index in [0.29, 0.717) is 5.91 Å². The predicted molar refractivity (Wildman–Crippen MR) is 70.0 cm³/mol. The fraction of sp³-hybridized carbons (Fsp3) is 0.917. The maximum atomic E-state index is 11.6. The molecule has 0 bridgehead atoms. The second-order valence-electron chi connectivity index (χ2n) is 4.47. The fourth-order valence-corrected chi connectivity index (χ4v) is 2.19. The van der Waals surface area contributed by atoms with Crippen molar-refractivity contribution < 1.29 is 4.79 Å². The van der Waals surface area contributed by atoms with E-state index in [4.69, 9.17) is 0 Å². The van der Waals surface area contributed by atoms with Crippen LogP contribution in [-0.4, -0.2) is 37.5 Å². The highest BCUT2D eigenvalue weighted by molar-refractivity contribution is 5.85. The van der Waals surface area contributed by atoms with Gasteiger partial charge in [-0.05, 0) is 45.2 Å². The number of nitrogens with zero attached hydrogens (tertiary/aromatic N) is 1. The van der Waals surface area contributed by atoms with Crippen molar-refractivity contribution in [3.05, 3.63) is 0 Å². The van der Waals surface area contributed by atoms with Crippen LogP contribution in [0.2, 0.25) is 0 Å². The summed E-state index contributed by atoms with van der Waals surface area (Å²) in [6.45, 7) is 5.13. The van der Waals surface area contributed by atoms with Crippen LogP contribution in [0.4, 0.5) is 0 Å². The van der Waals surface area contributed by atoms with Gasteiger partial charge in [0.25, 0.3) is 0 Å². The van der Waals surface area contributed by atoms with Crippen LogP contribution in [0.3, 0.4) is 0 Å². The summed E-state index contributed by atoms with van der Waals surface area (Å²) in [6.07, 6.45) is 5.33. The minimum atomic E-state index is 0. The third kappa shape index (κ3) is 5.17. The summed E-state index contributed by atoms with van der Waals surface area (Å²) in [5.41, 5.74) is 0. The Kier molecular flexibility index (Phi) is 8.67. The van der Waals surface area contributed by atoms with E-state index in [1.807, 2.05) is 11.9 Å². The second kappa shape index (κ2) is 8.82. The molecule has 1 N–H and O–H groups in total. The normalized spacial score (nSPS) is 17.0. The Hall–Kier alpha value is -0.280. The molecular weight excluding hydrogens is 224 g/mol. The molecule has 0 radical (unpaired) electrons. The third-order valence-electron chi connectivity index (χ3n) is 3.23. The summed E-state index contributed by atoms with van der Waals surface area (Å²) in [5, 5.41) is 3.19. The number of nitrogens with one attached hydrogen (secondary N) is 1. The minimum Gasteiger partial charge on any atom is -0.343 e. The second-order valence-corrected chi connectivity index (χ2v) is 4.47.